The summed E-state index contributed by atoms with van der Waals surface area (Å²) in [6.07, 6.45) is 10.2. The summed E-state index contributed by atoms with van der Waals surface area (Å²) in [6.45, 7) is 3.28. The number of carbonyl (C=O) groups excluding carboxylic acids is 1. The van der Waals surface area contributed by atoms with Crippen LogP contribution in [-0.4, -0.2) is 40.3 Å². The number of nitrogens with zero attached hydrogens (tertiary/aromatic N) is 4. The van der Waals surface area contributed by atoms with Crippen LogP contribution in [0.1, 0.15) is 54.6 Å². The minimum atomic E-state index is -0.182. The highest BCUT2D eigenvalue weighted by atomic mass is 16.5. The van der Waals surface area contributed by atoms with Crippen molar-refractivity contribution in [2.45, 2.75) is 52.1 Å². The first kappa shape index (κ1) is 27.6. The molecule has 4 aromatic rings. The zero-order valence-corrected chi connectivity index (χ0v) is 24.3. The molecule has 1 aliphatic carbocycles. The molecule has 0 saturated heterocycles. The number of amides is 2. The summed E-state index contributed by atoms with van der Waals surface area (Å²) in [6, 6.07) is 22.2. The van der Waals surface area contributed by atoms with Gasteiger partial charge in [-0.05, 0) is 67.3 Å². The molecule has 0 bridgehead atoms. The molecule has 8 heteroatoms. The van der Waals surface area contributed by atoms with E-state index in [1.165, 1.54) is 24.3 Å². The topological polar surface area (TPSA) is 85.8 Å². The molecule has 8 nitrogen and oxygen atoms in total. The lowest BCUT2D eigenvalue weighted by Crippen LogP contribution is -2.34. The lowest BCUT2D eigenvalue weighted by atomic mass is 9.82. The molecule has 1 fully saturated rings. The third kappa shape index (κ3) is 6.03. The first-order valence-corrected chi connectivity index (χ1v) is 14.9. The zero-order chi connectivity index (χ0) is 28.9. The molecule has 2 heterocycles. The van der Waals surface area contributed by atoms with E-state index < -0.39 is 0 Å². The lowest BCUT2D eigenvalue weighted by Gasteiger charge is -2.27. The zero-order valence-electron chi connectivity index (χ0n) is 24.3. The molecule has 0 spiro atoms. The van der Waals surface area contributed by atoms with Gasteiger partial charge in [0.05, 0.1) is 17.1 Å². The Kier molecular flexibility index (Phi) is 8.21. The summed E-state index contributed by atoms with van der Waals surface area (Å²) < 4.78 is 6.35. The van der Waals surface area contributed by atoms with E-state index in [2.05, 4.69) is 39.6 Å². The first-order valence-electron chi connectivity index (χ1n) is 14.9. The van der Waals surface area contributed by atoms with Gasteiger partial charge in [-0.25, -0.2) is 14.8 Å². The molecule has 2 N–H and O–H groups in total. The van der Waals surface area contributed by atoms with Crippen LogP contribution < -0.4 is 15.0 Å². The Morgan fingerprint density at radius 1 is 1.02 bits per heavy atom. The number of hydrogen-bond acceptors (Lipinski definition) is 5. The largest absolute Gasteiger partial charge is 0.489 e. The van der Waals surface area contributed by atoms with Crippen LogP contribution in [0, 0.1) is 12.8 Å². The third-order valence-electron chi connectivity index (χ3n) is 8.14. The van der Waals surface area contributed by atoms with E-state index in [0.717, 1.165) is 76.8 Å². The lowest BCUT2D eigenvalue weighted by molar-refractivity contribution is 0.220. The van der Waals surface area contributed by atoms with E-state index in [-0.39, 0.29) is 6.03 Å². The second-order valence-corrected chi connectivity index (χ2v) is 11.1. The molecule has 1 saturated carbocycles. The standard InChI is InChI=1S/C34H38N6O2/c1-24-21-30-29(22-31(24)42-23-25-9-5-3-6-10-25)33(26-11-7-4-8-12-26)38-39(2)34(41)40(30)28-15-13-27(14-16-28)35-18-17-32-36-19-20-37-32/h3,5-6,9-10,13-16,19-22,26,35H,4,7-8,11-12,17-18,23H2,1-2H3,(H,36,37). The van der Waals surface area contributed by atoms with Crippen molar-refractivity contribution in [1.29, 1.82) is 0 Å². The van der Waals surface area contributed by atoms with E-state index in [9.17, 15) is 4.79 Å². The summed E-state index contributed by atoms with van der Waals surface area (Å²) in [4.78, 5) is 23.1. The van der Waals surface area contributed by atoms with Crippen molar-refractivity contribution in [2.24, 2.45) is 11.0 Å². The molecule has 0 radical (unpaired) electrons. The first-order chi connectivity index (χ1) is 20.6. The van der Waals surface area contributed by atoms with E-state index in [1.807, 2.05) is 55.6 Å². The van der Waals surface area contributed by atoms with Crippen LogP contribution in [0.5, 0.6) is 5.75 Å². The van der Waals surface area contributed by atoms with Crippen molar-refractivity contribution in [2.75, 3.05) is 23.8 Å². The number of hydrogen-bond donors (Lipinski definition) is 2. The van der Waals surface area contributed by atoms with Crippen molar-refractivity contribution in [1.82, 2.24) is 15.0 Å². The molecule has 0 unspecified atom stereocenters. The van der Waals surface area contributed by atoms with E-state index in [0.29, 0.717) is 12.5 Å². The quantitative estimate of drug-likeness (QED) is 0.222. The van der Waals surface area contributed by atoms with E-state index in [4.69, 9.17) is 9.84 Å². The number of nitrogens with one attached hydrogen (secondary N) is 2. The van der Waals surface area contributed by atoms with Crippen LogP contribution in [0.4, 0.5) is 21.9 Å². The number of rotatable bonds is 9. The summed E-state index contributed by atoms with van der Waals surface area (Å²) in [5.41, 5.74) is 6.66. The predicted molar refractivity (Wildman–Crippen MR) is 168 cm³/mol. The molecule has 2 aliphatic rings. The number of imidazole rings is 1. The molecule has 0 atom stereocenters. The van der Waals surface area contributed by atoms with Crippen LogP contribution in [-0.2, 0) is 13.0 Å². The Bertz CT molecular complexity index is 1530. The van der Waals surface area contributed by atoms with Crippen LogP contribution in [0.25, 0.3) is 0 Å². The molecule has 216 valence electrons. The van der Waals surface area contributed by atoms with Crippen molar-refractivity contribution in [3.8, 4) is 5.75 Å². The monoisotopic (exact) mass is 562 g/mol. The number of fused-ring (bicyclic) bond motifs is 1. The Morgan fingerprint density at radius 2 is 1.81 bits per heavy atom. The van der Waals surface area contributed by atoms with Crippen molar-refractivity contribution < 1.29 is 9.53 Å². The number of aromatic amines is 1. The number of aromatic nitrogens is 2. The minimum Gasteiger partial charge on any atom is -0.489 e. The van der Waals surface area contributed by atoms with Gasteiger partial charge in [-0.2, -0.15) is 5.10 Å². The molecule has 42 heavy (non-hydrogen) atoms. The van der Waals surface area contributed by atoms with E-state index >= 15 is 0 Å². The Morgan fingerprint density at radius 3 is 2.55 bits per heavy atom. The normalized spacial score (nSPS) is 15.7. The Hall–Kier alpha value is -4.59. The number of carbonyl (C=O) groups is 1. The molecule has 1 aromatic heterocycles. The number of H-pyrrole nitrogens is 1. The van der Waals surface area contributed by atoms with Crippen molar-refractivity contribution in [3.05, 3.63) is 102 Å². The SMILES string of the molecule is Cc1cc2c(cc1OCc1ccccc1)C(C1CCCCC1)=NN(C)C(=O)N2c1ccc(NCCc2ncc[nH]2)cc1. The molecule has 3 aromatic carbocycles. The van der Waals surface area contributed by atoms with Crippen molar-refractivity contribution in [3.63, 3.8) is 0 Å². The summed E-state index contributed by atoms with van der Waals surface area (Å²) in [5.74, 6) is 2.07. The number of aryl methyl sites for hydroxylation is 1. The second kappa shape index (κ2) is 12.5. The molecule has 1 aliphatic heterocycles. The second-order valence-electron chi connectivity index (χ2n) is 11.1. The van der Waals surface area contributed by atoms with Gasteiger partial charge in [-0.1, -0.05) is 49.6 Å². The van der Waals surface area contributed by atoms with Gasteiger partial charge < -0.3 is 15.0 Å². The molecule has 6 rings (SSSR count). The summed E-state index contributed by atoms with van der Waals surface area (Å²) >= 11 is 0. The molecule has 2 amide bonds. The fourth-order valence-electron chi connectivity index (χ4n) is 5.88. The Balaban J connectivity index is 1.33. The van der Waals surface area contributed by atoms with Crippen LogP contribution in [0.3, 0.4) is 0 Å². The third-order valence-corrected chi connectivity index (χ3v) is 8.14. The number of ether oxygens (including phenoxy) is 1. The van der Waals surface area contributed by atoms with Gasteiger partial charge in [0.2, 0.25) is 0 Å². The Labute approximate surface area is 247 Å². The fourth-order valence-corrected chi connectivity index (χ4v) is 5.88. The maximum absolute atomic E-state index is 13.9. The van der Waals surface area contributed by atoms with Gasteiger partial charge in [0.15, 0.2) is 0 Å². The van der Waals surface area contributed by atoms with E-state index in [1.54, 1.807) is 18.1 Å². The smallest absolute Gasteiger partial charge is 0.349 e. The van der Waals surface area contributed by atoms with Crippen LogP contribution in [0.2, 0.25) is 0 Å². The van der Waals surface area contributed by atoms with Gasteiger partial charge in [0, 0.05) is 49.6 Å². The summed E-state index contributed by atoms with van der Waals surface area (Å²) in [5, 5.41) is 9.90. The number of urea groups is 1. The molecular weight excluding hydrogens is 524 g/mol. The van der Waals surface area contributed by atoms with Crippen LogP contribution >= 0.6 is 0 Å². The fraction of sp³-hybridized carbons (Fsp3) is 0.324. The number of hydrazone groups is 1. The van der Waals surface area contributed by atoms with Gasteiger partial charge in [-0.3, -0.25) is 4.90 Å². The number of benzene rings is 3. The maximum atomic E-state index is 13.9. The summed E-state index contributed by atoms with van der Waals surface area (Å²) in [7, 11) is 1.76. The number of anilines is 3. The predicted octanol–water partition coefficient (Wildman–Crippen LogP) is 7.44. The maximum Gasteiger partial charge on any atom is 0.349 e. The highest BCUT2D eigenvalue weighted by Gasteiger charge is 2.33. The van der Waals surface area contributed by atoms with Gasteiger partial charge in [0.1, 0.15) is 18.2 Å². The highest BCUT2D eigenvalue weighted by molar-refractivity contribution is 6.14. The minimum absolute atomic E-state index is 0.182. The van der Waals surface area contributed by atoms with Gasteiger partial charge in [-0.15, -0.1) is 0 Å². The average molecular weight is 563 g/mol. The van der Waals surface area contributed by atoms with Gasteiger partial charge >= 0.3 is 6.03 Å². The molecular formula is C34H38N6O2. The van der Waals surface area contributed by atoms with Crippen molar-refractivity contribution >= 4 is 28.8 Å². The van der Waals surface area contributed by atoms with Crippen LogP contribution in [0.15, 0.2) is 84.2 Å². The average Bonchev–Trinajstić information content (AvgIpc) is 3.52. The highest BCUT2D eigenvalue weighted by Crippen LogP contribution is 2.40. The van der Waals surface area contributed by atoms with Gasteiger partial charge in [0.25, 0.3) is 0 Å².